The van der Waals surface area contributed by atoms with Crippen LogP contribution >= 0.6 is 34.8 Å². The minimum Gasteiger partial charge on any atom is -0.506 e. The number of fused-ring (bicyclic) bond motifs is 1. The van der Waals surface area contributed by atoms with Gasteiger partial charge in [-0.1, -0.05) is 23.2 Å². The first-order valence-electron chi connectivity index (χ1n) is 6.91. The molecule has 0 saturated heterocycles. The molecule has 2 aromatic carbocycles. The number of hydrogen-bond acceptors (Lipinski definition) is 3. The van der Waals surface area contributed by atoms with Gasteiger partial charge in [0.1, 0.15) is 17.5 Å². The van der Waals surface area contributed by atoms with Crippen molar-refractivity contribution < 1.29 is 9.90 Å². The van der Waals surface area contributed by atoms with Crippen molar-refractivity contribution in [1.29, 1.82) is 0 Å². The van der Waals surface area contributed by atoms with Crippen LogP contribution < -0.4 is 5.32 Å². The number of anilines is 1. The molecule has 8 heteroatoms. The number of benzene rings is 2. The molecular weight excluding hydrogens is 373 g/mol. The second kappa shape index (κ2) is 6.51. The number of halogens is 3. The number of imidazole rings is 1. The van der Waals surface area contributed by atoms with E-state index in [9.17, 15) is 9.90 Å². The summed E-state index contributed by atoms with van der Waals surface area (Å²) in [5.41, 5.74) is 2.49. The summed E-state index contributed by atoms with van der Waals surface area (Å²) < 4.78 is 1.81. The number of aromatic nitrogens is 2. The van der Waals surface area contributed by atoms with Crippen molar-refractivity contribution in [2.45, 2.75) is 0 Å². The van der Waals surface area contributed by atoms with Crippen LogP contribution in [0.2, 0.25) is 10.0 Å². The maximum Gasteiger partial charge on any atom is 0.239 e. The van der Waals surface area contributed by atoms with Gasteiger partial charge in [0.25, 0.3) is 0 Å². The van der Waals surface area contributed by atoms with Crippen molar-refractivity contribution >= 4 is 57.4 Å². The van der Waals surface area contributed by atoms with E-state index in [1.165, 1.54) is 6.07 Å². The zero-order valence-corrected chi connectivity index (χ0v) is 14.7. The van der Waals surface area contributed by atoms with E-state index >= 15 is 0 Å². The number of alkyl halides is 1. The summed E-state index contributed by atoms with van der Waals surface area (Å²) >= 11 is 17.5. The smallest absolute Gasteiger partial charge is 0.239 e. The summed E-state index contributed by atoms with van der Waals surface area (Å²) in [5.74, 6) is -0.00489. The van der Waals surface area contributed by atoms with Gasteiger partial charge >= 0.3 is 0 Å². The number of nitrogens with one attached hydrogen (secondary N) is 1. The fourth-order valence-electron chi connectivity index (χ4n) is 2.45. The Morgan fingerprint density at radius 3 is 2.75 bits per heavy atom. The van der Waals surface area contributed by atoms with Gasteiger partial charge in [0.05, 0.1) is 21.6 Å². The molecule has 1 heterocycles. The Morgan fingerprint density at radius 1 is 1.29 bits per heavy atom. The molecule has 0 atom stereocenters. The van der Waals surface area contributed by atoms with Crippen LogP contribution in [0.5, 0.6) is 5.75 Å². The Balaban J connectivity index is 2.13. The van der Waals surface area contributed by atoms with Crippen LogP contribution in [-0.2, 0) is 11.8 Å². The number of amides is 1. The van der Waals surface area contributed by atoms with Gasteiger partial charge in [-0.2, -0.15) is 0 Å². The third kappa shape index (κ3) is 3.02. The van der Waals surface area contributed by atoms with Crippen molar-refractivity contribution in [2.75, 3.05) is 11.2 Å². The molecule has 0 saturated carbocycles. The van der Waals surface area contributed by atoms with Gasteiger partial charge < -0.3 is 15.0 Å². The minimum atomic E-state index is -0.300. The summed E-state index contributed by atoms with van der Waals surface area (Å²) in [4.78, 5) is 15.9. The van der Waals surface area contributed by atoms with Gasteiger partial charge in [0.15, 0.2) is 0 Å². The van der Waals surface area contributed by atoms with Crippen molar-refractivity contribution in [3.63, 3.8) is 0 Å². The predicted molar refractivity (Wildman–Crippen MR) is 97.2 cm³/mol. The predicted octanol–water partition coefficient (Wildman–Crippen LogP) is 4.43. The average Bonchev–Trinajstić information content (AvgIpc) is 2.87. The highest BCUT2D eigenvalue weighted by atomic mass is 35.5. The second-order valence-electron chi connectivity index (χ2n) is 5.16. The lowest BCUT2D eigenvalue weighted by molar-refractivity contribution is -0.113. The first kappa shape index (κ1) is 16.9. The molecule has 0 radical (unpaired) electrons. The fourth-order valence-corrected chi connectivity index (χ4v) is 3.01. The molecule has 3 rings (SSSR count). The molecule has 0 fully saturated rings. The number of aryl methyl sites for hydroxylation is 1. The number of nitrogens with zero attached hydrogens (tertiary/aromatic N) is 2. The zero-order chi connectivity index (χ0) is 17.4. The number of hydrogen-bond donors (Lipinski definition) is 2. The minimum absolute atomic E-state index is 0.0878. The molecule has 124 valence electrons. The van der Waals surface area contributed by atoms with E-state index in [0.717, 1.165) is 5.52 Å². The van der Waals surface area contributed by atoms with E-state index in [4.69, 9.17) is 34.8 Å². The molecule has 0 spiro atoms. The zero-order valence-electron chi connectivity index (χ0n) is 12.5. The summed E-state index contributed by atoms with van der Waals surface area (Å²) in [6.45, 7) is 0. The molecule has 0 aliphatic carbocycles. The largest absolute Gasteiger partial charge is 0.506 e. The number of phenolic OH excluding ortho intramolecular Hbond substituents is 1. The van der Waals surface area contributed by atoms with Crippen LogP contribution in [0.25, 0.3) is 22.4 Å². The number of carbonyl (C=O) groups excluding carboxylic acids is 1. The Hall–Kier alpha value is -1.95. The third-order valence-electron chi connectivity index (χ3n) is 3.56. The summed E-state index contributed by atoms with van der Waals surface area (Å²) in [6, 6.07) is 8.36. The van der Waals surface area contributed by atoms with E-state index in [2.05, 4.69) is 10.3 Å². The van der Waals surface area contributed by atoms with E-state index < -0.39 is 0 Å². The van der Waals surface area contributed by atoms with Gasteiger partial charge in [0.2, 0.25) is 5.91 Å². The monoisotopic (exact) mass is 383 g/mol. The highest BCUT2D eigenvalue weighted by molar-refractivity contribution is 6.36. The van der Waals surface area contributed by atoms with Crippen molar-refractivity contribution in [1.82, 2.24) is 9.55 Å². The Bertz CT molecular complexity index is 953. The van der Waals surface area contributed by atoms with Crippen LogP contribution in [0.3, 0.4) is 0 Å². The second-order valence-corrected chi connectivity index (χ2v) is 6.27. The molecule has 0 aliphatic heterocycles. The van der Waals surface area contributed by atoms with E-state index in [0.29, 0.717) is 27.6 Å². The van der Waals surface area contributed by atoms with Crippen molar-refractivity contribution in [3.8, 4) is 17.1 Å². The lowest BCUT2D eigenvalue weighted by atomic mass is 10.2. The van der Waals surface area contributed by atoms with Crippen LogP contribution in [0.4, 0.5) is 5.69 Å². The Morgan fingerprint density at radius 2 is 2.04 bits per heavy atom. The molecular formula is C16H12Cl3N3O2. The molecule has 24 heavy (non-hydrogen) atoms. The number of carbonyl (C=O) groups is 1. The van der Waals surface area contributed by atoms with E-state index in [1.807, 2.05) is 17.7 Å². The average molecular weight is 385 g/mol. The highest BCUT2D eigenvalue weighted by Crippen LogP contribution is 2.38. The summed E-state index contributed by atoms with van der Waals surface area (Å²) in [5, 5.41) is 13.4. The molecule has 1 aromatic heterocycles. The molecule has 3 aromatic rings. The first-order valence-corrected chi connectivity index (χ1v) is 8.20. The molecule has 1 amide bonds. The number of phenols is 1. The van der Waals surface area contributed by atoms with Gasteiger partial charge in [0, 0.05) is 17.8 Å². The summed E-state index contributed by atoms with van der Waals surface area (Å²) in [6.07, 6.45) is 0. The lowest BCUT2D eigenvalue weighted by Crippen LogP contribution is -2.12. The molecule has 0 unspecified atom stereocenters. The van der Waals surface area contributed by atoms with Gasteiger partial charge in [-0.05, 0) is 30.3 Å². The van der Waals surface area contributed by atoms with E-state index in [1.54, 1.807) is 18.2 Å². The Labute approximate surface area is 152 Å². The van der Waals surface area contributed by atoms with Crippen LogP contribution in [0, 0.1) is 0 Å². The maximum absolute atomic E-state index is 11.4. The maximum atomic E-state index is 11.4. The van der Waals surface area contributed by atoms with Gasteiger partial charge in [-0.15, -0.1) is 11.6 Å². The standard InChI is InChI=1S/C16H12Cl3N3O2/c1-22-13-3-2-9(20-14(23)7-17)6-12(13)21-16(22)10-4-8(18)5-11(19)15(10)24/h2-6,24H,7H2,1H3,(H,20,23). The summed E-state index contributed by atoms with van der Waals surface area (Å²) in [7, 11) is 1.82. The highest BCUT2D eigenvalue weighted by Gasteiger charge is 2.17. The van der Waals surface area contributed by atoms with Crippen LogP contribution in [0.15, 0.2) is 30.3 Å². The van der Waals surface area contributed by atoms with Crippen molar-refractivity contribution in [3.05, 3.63) is 40.4 Å². The van der Waals surface area contributed by atoms with Gasteiger partial charge in [-0.25, -0.2) is 4.98 Å². The van der Waals surface area contributed by atoms with E-state index in [-0.39, 0.29) is 22.6 Å². The third-order valence-corrected chi connectivity index (χ3v) is 4.30. The molecule has 0 aliphatic rings. The topological polar surface area (TPSA) is 67.2 Å². The number of aromatic hydroxyl groups is 1. The fraction of sp³-hybridized carbons (Fsp3) is 0.125. The van der Waals surface area contributed by atoms with Gasteiger partial charge in [-0.3, -0.25) is 4.79 Å². The van der Waals surface area contributed by atoms with Crippen molar-refractivity contribution in [2.24, 2.45) is 7.05 Å². The molecule has 5 nitrogen and oxygen atoms in total. The van der Waals surface area contributed by atoms with Crippen LogP contribution in [0.1, 0.15) is 0 Å². The normalized spacial score (nSPS) is 11.0. The SMILES string of the molecule is Cn1c(-c2cc(Cl)cc(Cl)c2O)nc2cc(NC(=O)CCl)ccc21. The Kier molecular flexibility index (Phi) is 4.58. The molecule has 2 N–H and O–H groups in total. The molecule has 0 bridgehead atoms. The first-order chi connectivity index (χ1) is 11.4. The number of rotatable bonds is 3. The lowest BCUT2D eigenvalue weighted by Gasteiger charge is -2.07. The van der Waals surface area contributed by atoms with Crippen LogP contribution in [-0.4, -0.2) is 26.4 Å². The quantitative estimate of drug-likeness (QED) is 0.656.